The molecule has 0 aliphatic carbocycles. The summed E-state index contributed by atoms with van der Waals surface area (Å²) in [5, 5.41) is 0. The highest BCUT2D eigenvalue weighted by atomic mass is 79.9. The summed E-state index contributed by atoms with van der Waals surface area (Å²) in [5.74, 6) is 0.690. The number of carbonyl (C=O) groups excluding carboxylic acids is 1. The number of rotatable bonds is 2. The summed E-state index contributed by atoms with van der Waals surface area (Å²) in [4.78, 5) is 10.4. The Kier molecular flexibility index (Phi) is 5.17. The highest BCUT2D eigenvalue weighted by molar-refractivity contribution is 9.10. The van der Waals surface area contributed by atoms with Gasteiger partial charge in [0, 0.05) is 10.0 Å². The van der Waals surface area contributed by atoms with Gasteiger partial charge in [0.05, 0.1) is 7.11 Å². The Morgan fingerprint density at radius 2 is 2.17 bits per heavy atom. The van der Waals surface area contributed by atoms with Crippen LogP contribution in [0.5, 0.6) is 5.75 Å². The lowest BCUT2D eigenvalue weighted by molar-refractivity contribution is 0.112. The van der Waals surface area contributed by atoms with E-state index in [-0.39, 0.29) is 17.0 Å². The van der Waals surface area contributed by atoms with Crippen LogP contribution in [0.4, 0.5) is 0 Å². The fraction of sp³-hybridized carbons (Fsp3) is 0.125. The average molecular weight is 296 g/mol. The number of hydrogen-bond acceptors (Lipinski definition) is 2. The van der Waals surface area contributed by atoms with Gasteiger partial charge in [-0.2, -0.15) is 0 Å². The molecule has 4 heteroatoms. The molecule has 0 unspecified atom stereocenters. The molecule has 2 nitrogen and oxygen atoms in total. The molecule has 0 amide bonds. The smallest absolute Gasteiger partial charge is 0.151 e. The summed E-state index contributed by atoms with van der Waals surface area (Å²) >= 11 is 3.23. The molecular formula is C8H8Br2O2. The zero-order chi connectivity index (χ0) is 8.27. The van der Waals surface area contributed by atoms with Crippen molar-refractivity contribution in [2.24, 2.45) is 0 Å². The predicted octanol–water partition coefficient (Wildman–Crippen LogP) is 2.85. The van der Waals surface area contributed by atoms with E-state index in [9.17, 15) is 4.79 Å². The monoisotopic (exact) mass is 294 g/mol. The lowest BCUT2D eigenvalue weighted by Crippen LogP contribution is -1.86. The van der Waals surface area contributed by atoms with Crippen LogP contribution in [0.2, 0.25) is 0 Å². The second-order valence-electron chi connectivity index (χ2n) is 2.01. The van der Waals surface area contributed by atoms with Gasteiger partial charge in [0.2, 0.25) is 0 Å². The van der Waals surface area contributed by atoms with Crippen LogP contribution in [0.1, 0.15) is 10.4 Å². The Morgan fingerprint density at radius 3 is 2.67 bits per heavy atom. The topological polar surface area (TPSA) is 26.3 Å². The minimum atomic E-state index is 0. The molecule has 0 saturated carbocycles. The third-order valence-electron chi connectivity index (χ3n) is 1.33. The summed E-state index contributed by atoms with van der Waals surface area (Å²) in [6, 6.07) is 5.25. The second-order valence-corrected chi connectivity index (χ2v) is 2.86. The number of methoxy groups -OCH3 is 1. The Bertz CT molecular complexity index is 274. The summed E-state index contributed by atoms with van der Waals surface area (Å²) in [6.45, 7) is 0. The first-order chi connectivity index (χ1) is 5.27. The third kappa shape index (κ3) is 2.60. The molecule has 0 radical (unpaired) electrons. The second kappa shape index (κ2) is 5.32. The van der Waals surface area contributed by atoms with Gasteiger partial charge in [0.1, 0.15) is 5.75 Å². The van der Waals surface area contributed by atoms with E-state index in [1.165, 1.54) is 0 Å². The first kappa shape index (κ1) is 11.6. The SMILES string of the molecule is Br.COc1ccc(Br)c(C=O)c1. The van der Waals surface area contributed by atoms with Crippen molar-refractivity contribution < 1.29 is 9.53 Å². The minimum Gasteiger partial charge on any atom is -0.497 e. The molecule has 1 rings (SSSR count). The predicted molar refractivity (Wildman–Crippen MR) is 56.4 cm³/mol. The van der Waals surface area contributed by atoms with E-state index in [2.05, 4.69) is 15.9 Å². The van der Waals surface area contributed by atoms with Crippen LogP contribution in [0.3, 0.4) is 0 Å². The lowest BCUT2D eigenvalue weighted by Gasteiger charge is -2.00. The van der Waals surface area contributed by atoms with Crippen molar-refractivity contribution in [3.05, 3.63) is 28.2 Å². The van der Waals surface area contributed by atoms with Gasteiger partial charge in [0.25, 0.3) is 0 Å². The molecule has 0 N–H and O–H groups in total. The van der Waals surface area contributed by atoms with Gasteiger partial charge in [-0.05, 0) is 18.2 Å². The Balaban J connectivity index is 0.00000121. The van der Waals surface area contributed by atoms with Crippen molar-refractivity contribution in [2.45, 2.75) is 0 Å². The van der Waals surface area contributed by atoms with E-state index in [4.69, 9.17) is 4.74 Å². The van der Waals surface area contributed by atoms with Crippen LogP contribution in [0.25, 0.3) is 0 Å². The zero-order valence-electron chi connectivity index (χ0n) is 6.41. The Hall–Kier alpha value is -0.350. The van der Waals surface area contributed by atoms with Crippen molar-refractivity contribution in [1.29, 1.82) is 0 Å². The number of carbonyl (C=O) groups is 1. The maximum atomic E-state index is 10.4. The number of halogens is 2. The first-order valence-corrected chi connectivity index (χ1v) is 3.86. The highest BCUT2D eigenvalue weighted by Crippen LogP contribution is 2.20. The van der Waals surface area contributed by atoms with Crippen molar-refractivity contribution in [3.8, 4) is 5.75 Å². The molecule has 0 saturated heterocycles. The van der Waals surface area contributed by atoms with Crippen LogP contribution in [-0.4, -0.2) is 13.4 Å². The van der Waals surface area contributed by atoms with Gasteiger partial charge in [-0.3, -0.25) is 4.79 Å². The average Bonchev–Trinajstić information content (AvgIpc) is 2.05. The van der Waals surface area contributed by atoms with Crippen LogP contribution in [0.15, 0.2) is 22.7 Å². The van der Waals surface area contributed by atoms with Gasteiger partial charge >= 0.3 is 0 Å². The molecule has 66 valence electrons. The minimum absolute atomic E-state index is 0. The number of ether oxygens (including phenoxy) is 1. The summed E-state index contributed by atoms with van der Waals surface area (Å²) in [5.41, 5.74) is 0.601. The van der Waals surface area contributed by atoms with E-state index in [1.807, 2.05) is 0 Å². The van der Waals surface area contributed by atoms with E-state index in [0.717, 1.165) is 10.8 Å². The molecule has 0 aliphatic rings. The summed E-state index contributed by atoms with van der Waals surface area (Å²) < 4.78 is 5.72. The van der Waals surface area contributed by atoms with Crippen molar-refractivity contribution >= 4 is 39.2 Å². The van der Waals surface area contributed by atoms with Gasteiger partial charge < -0.3 is 4.74 Å². The third-order valence-corrected chi connectivity index (χ3v) is 2.05. The Morgan fingerprint density at radius 1 is 1.50 bits per heavy atom. The quantitative estimate of drug-likeness (QED) is 0.784. The van der Waals surface area contributed by atoms with E-state index in [1.54, 1.807) is 25.3 Å². The fourth-order valence-corrected chi connectivity index (χ4v) is 1.08. The Labute approximate surface area is 89.8 Å². The van der Waals surface area contributed by atoms with Crippen LogP contribution >= 0.6 is 32.9 Å². The molecule has 0 spiro atoms. The molecule has 0 heterocycles. The normalized spacial score (nSPS) is 8.50. The van der Waals surface area contributed by atoms with Gasteiger partial charge in [-0.25, -0.2) is 0 Å². The molecule has 0 aliphatic heterocycles. The molecule has 0 bridgehead atoms. The summed E-state index contributed by atoms with van der Waals surface area (Å²) in [6.07, 6.45) is 0.784. The fourth-order valence-electron chi connectivity index (χ4n) is 0.739. The molecule has 0 atom stereocenters. The van der Waals surface area contributed by atoms with Gasteiger partial charge in [-0.1, -0.05) is 15.9 Å². The largest absolute Gasteiger partial charge is 0.497 e. The number of benzene rings is 1. The first-order valence-electron chi connectivity index (χ1n) is 3.06. The van der Waals surface area contributed by atoms with Gasteiger partial charge in [0.15, 0.2) is 6.29 Å². The molecule has 1 aromatic carbocycles. The van der Waals surface area contributed by atoms with Gasteiger partial charge in [-0.15, -0.1) is 17.0 Å². The molecule has 1 aromatic rings. The van der Waals surface area contributed by atoms with E-state index < -0.39 is 0 Å². The highest BCUT2D eigenvalue weighted by Gasteiger charge is 1.98. The van der Waals surface area contributed by atoms with Crippen molar-refractivity contribution in [2.75, 3.05) is 7.11 Å². The van der Waals surface area contributed by atoms with Crippen LogP contribution in [-0.2, 0) is 0 Å². The van der Waals surface area contributed by atoms with Crippen LogP contribution in [0, 0.1) is 0 Å². The maximum absolute atomic E-state index is 10.4. The lowest BCUT2D eigenvalue weighted by atomic mass is 10.2. The molecule has 0 aromatic heterocycles. The van der Waals surface area contributed by atoms with Crippen molar-refractivity contribution in [1.82, 2.24) is 0 Å². The van der Waals surface area contributed by atoms with E-state index in [0.29, 0.717) is 11.3 Å². The van der Waals surface area contributed by atoms with E-state index >= 15 is 0 Å². The molecule has 0 fully saturated rings. The molecular weight excluding hydrogens is 288 g/mol. The molecule has 12 heavy (non-hydrogen) atoms. The zero-order valence-corrected chi connectivity index (χ0v) is 9.71. The number of hydrogen-bond donors (Lipinski definition) is 0. The summed E-state index contributed by atoms with van der Waals surface area (Å²) in [7, 11) is 1.57. The van der Waals surface area contributed by atoms with Crippen molar-refractivity contribution in [3.63, 3.8) is 0 Å². The maximum Gasteiger partial charge on any atom is 0.151 e. The number of aldehydes is 1. The van der Waals surface area contributed by atoms with Crippen LogP contribution < -0.4 is 4.74 Å². The standard InChI is InChI=1S/C8H7BrO2.BrH/c1-11-7-2-3-8(9)6(4-7)5-10;/h2-5H,1H3;1H.